The van der Waals surface area contributed by atoms with Gasteiger partial charge in [0.2, 0.25) is 11.2 Å². The van der Waals surface area contributed by atoms with Crippen LogP contribution < -0.4 is 10.2 Å². The highest BCUT2D eigenvalue weighted by atomic mass is 19.4. The number of fused-ring (bicyclic) bond motifs is 2. The van der Waals surface area contributed by atoms with E-state index in [0.29, 0.717) is 10.8 Å². The molecule has 6 rings (SSSR count). The standard InChI is InChI=1S/C33H19F3O4/c34-33(35,36)31-29(26-12-6-10-22-9-4-5-11-25(22)26)30(37)27-18-17-24(19-28(27)40-31)39-32(38)23-15-13-21(14-16-23)20-7-2-1-3-8-20/h1-19H. The van der Waals surface area contributed by atoms with Crippen LogP contribution in [0, 0.1) is 0 Å². The molecule has 0 N–H and O–H groups in total. The molecular weight excluding hydrogens is 517 g/mol. The van der Waals surface area contributed by atoms with Crippen LogP contribution in [0.3, 0.4) is 0 Å². The molecule has 0 amide bonds. The summed E-state index contributed by atoms with van der Waals surface area (Å²) >= 11 is 0. The topological polar surface area (TPSA) is 56.5 Å². The van der Waals surface area contributed by atoms with Crippen LogP contribution in [0.25, 0.3) is 44.0 Å². The minimum Gasteiger partial charge on any atom is -0.450 e. The molecule has 196 valence electrons. The summed E-state index contributed by atoms with van der Waals surface area (Å²) in [6, 6.07) is 31.8. The number of rotatable bonds is 4. The fourth-order valence-corrected chi connectivity index (χ4v) is 4.72. The van der Waals surface area contributed by atoms with Crippen LogP contribution in [0.2, 0.25) is 0 Å². The quantitative estimate of drug-likeness (QED) is 0.167. The van der Waals surface area contributed by atoms with Crippen molar-refractivity contribution in [2.24, 2.45) is 0 Å². The first-order valence-electron chi connectivity index (χ1n) is 12.3. The second kappa shape index (κ2) is 9.85. The van der Waals surface area contributed by atoms with Crippen molar-refractivity contribution in [2.45, 2.75) is 6.18 Å². The summed E-state index contributed by atoms with van der Waals surface area (Å²) in [5, 5.41) is 1.11. The van der Waals surface area contributed by atoms with Gasteiger partial charge in [-0.2, -0.15) is 13.2 Å². The Morgan fingerprint density at radius 3 is 2.12 bits per heavy atom. The molecule has 5 aromatic carbocycles. The van der Waals surface area contributed by atoms with Crippen molar-refractivity contribution in [3.8, 4) is 28.0 Å². The lowest BCUT2D eigenvalue weighted by molar-refractivity contribution is -0.152. The summed E-state index contributed by atoms with van der Waals surface area (Å²) in [7, 11) is 0. The molecule has 0 radical (unpaired) electrons. The van der Waals surface area contributed by atoms with E-state index in [1.54, 1.807) is 60.7 Å². The van der Waals surface area contributed by atoms with Crippen LogP contribution in [-0.2, 0) is 6.18 Å². The number of hydrogen-bond donors (Lipinski definition) is 0. The summed E-state index contributed by atoms with van der Waals surface area (Å²) < 4.78 is 53.4. The van der Waals surface area contributed by atoms with Crippen molar-refractivity contribution >= 4 is 27.7 Å². The molecule has 0 aliphatic carbocycles. The molecule has 0 fully saturated rings. The Bertz CT molecular complexity index is 1930. The molecule has 0 saturated heterocycles. The van der Waals surface area contributed by atoms with Crippen LogP contribution in [-0.4, -0.2) is 5.97 Å². The third-order valence-electron chi connectivity index (χ3n) is 6.62. The molecule has 0 saturated carbocycles. The van der Waals surface area contributed by atoms with E-state index in [1.807, 2.05) is 30.3 Å². The Balaban J connectivity index is 1.38. The van der Waals surface area contributed by atoms with E-state index in [1.165, 1.54) is 18.2 Å². The molecule has 0 unspecified atom stereocenters. The van der Waals surface area contributed by atoms with Crippen LogP contribution in [0.15, 0.2) is 124 Å². The first-order chi connectivity index (χ1) is 19.3. The number of carbonyl (C=O) groups excluding carboxylic acids is 1. The minimum atomic E-state index is -4.95. The Kier molecular flexibility index (Phi) is 6.19. The number of carbonyl (C=O) groups is 1. The van der Waals surface area contributed by atoms with Gasteiger partial charge in [-0.3, -0.25) is 4.79 Å². The highest BCUT2D eigenvalue weighted by Crippen LogP contribution is 2.40. The third-order valence-corrected chi connectivity index (χ3v) is 6.62. The van der Waals surface area contributed by atoms with E-state index in [0.717, 1.165) is 17.2 Å². The molecule has 1 aromatic heterocycles. The summed E-state index contributed by atoms with van der Waals surface area (Å²) in [4.78, 5) is 26.2. The molecule has 0 spiro atoms. The first kappa shape index (κ1) is 25.1. The smallest absolute Gasteiger partial charge is 0.450 e. The molecule has 7 heteroatoms. The van der Waals surface area contributed by atoms with E-state index in [2.05, 4.69) is 0 Å². The van der Waals surface area contributed by atoms with Crippen molar-refractivity contribution in [1.82, 2.24) is 0 Å². The highest BCUT2D eigenvalue weighted by Gasteiger charge is 2.39. The fraction of sp³-hybridized carbons (Fsp3) is 0.0303. The zero-order valence-corrected chi connectivity index (χ0v) is 20.7. The molecule has 6 aromatic rings. The second-order valence-electron chi connectivity index (χ2n) is 9.15. The molecule has 0 atom stereocenters. The summed E-state index contributed by atoms with van der Waals surface area (Å²) in [6.45, 7) is 0. The molecule has 0 aliphatic heterocycles. The number of ether oxygens (including phenoxy) is 1. The maximum absolute atomic E-state index is 14.2. The van der Waals surface area contributed by atoms with Gasteiger partial charge < -0.3 is 9.15 Å². The van der Waals surface area contributed by atoms with Gasteiger partial charge in [-0.25, -0.2) is 4.79 Å². The number of halogens is 3. The maximum Gasteiger partial charge on any atom is 0.450 e. The number of benzene rings is 5. The Morgan fingerprint density at radius 2 is 1.38 bits per heavy atom. The Labute approximate surface area is 225 Å². The van der Waals surface area contributed by atoms with Crippen molar-refractivity contribution < 1.29 is 27.1 Å². The van der Waals surface area contributed by atoms with Gasteiger partial charge in [0.05, 0.1) is 16.5 Å². The van der Waals surface area contributed by atoms with Crippen molar-refractivity contribution in [1.29, 1.82) is 0 Å². The van der Waals surface area contributed by atoms with Crippen LogP contribution in [0.5, 0.6) is 5.75 Å². The Morgan fingerprint density at radius 1 is 0.700 bits per heavy atom. The molecule has 40 heavy (non-hydrogen) atoms. The summed E-state index contributed by atoms with van der Waals surface area (Å²) in [5.41, 5.74) is 0.519. The molecule has 0 aliphatic rings. The van der Waals surface area contributed by atoms with E-state index >= 15 is 0 Å². The highest BCUT2D eigenvalue weighted by molar-refractivity contribution is 5.99. The van der Waals surface area contributed by atoms with E-state index in [4.69, 9.17) is 9.15 Å². The van der Waals surface area contributed by atoms with Crippen LogP contribution in [0.4, 0.5) is 13.2 Å². The second-order valence-corrected chi connectivity index (χ2v) is 9.15. The predicted molar refractivity (Wildman–Crippen MR) is 147 cm³/mol. The number of hydrogen-bond acceptors (Lipinski definition) is 4. The summed E-state index contributed by atoms with van der Waals surface area (Å²) in [5.74, 6) is -2.18. The first-order valence-corrected chi connectivity index (χ1v) is 12.3. The van der Waals surface area contributed by atoms with Gasteiger partial charge in [-0.05, 0) is 51.7 Å². The fourth-order valence-electron chi connectivity index (χ4n) is 4.72. The molecular formula is C33H19F3O4. The largest absolute Gasteiger partial charge is 0.450 e. The maximum atomic E-state index is 14.2. The average molecular weight is 537 g/mol. The predicted octanol–water partition coefficient (Wildman–Crippen LogP) is 8.52. The van der Waals surface area contributed by atoms with Gasteiger partial charge in [0, 0.05) is 6.07 Å². The SMILES string of the molecule is O=C(Oc1ccc2c(=O)c(-c3cccc4ccccc34)c(C(F)(F)F)oc2c1)c1ccc(-c2ccccc2)cc1. The summed E-state index contributed by atoms with van der Waals surface area (Å²) in [6.07, 6.45) is -4.95. The molecule has 4 nitrogen and oxygen atoms in total. The lowest BCUT2D eigenvalue weighted by atomic mass is 9.96. The van der Waals surface area contributed by atoms with Gasteiger partial charge in [0.25, 0.3) is 0 Å². The minimum absolute atomic E-state index is 0.0566. The van der Waals surface area contributed by atoms with Crippen LogP contribution >= 0.6 is 0 Å². The number of esters is 1. The zero-order valence-electron chi connectivity index (χ0n) is 20.7. The van der Waals surface area contributed by atoms with Crippen molar-refractivity contribution in [3.63, 3.8) is 0 Å². The van der Waals surface area contributed by atoms with E-state index < -0.39 is 28.9 Å². The van der Waals surface area contributed by atoms with Gasteiger partial charge in [0.15, 0.2) is 0 Å². The van der Waals surface area contributed by atoms with Crippen molar-refractivity contribution in [2.75, 3.05) is 0 Å². The Hall–Kier alpha value is -5.17. The molecule has 0 bridgehead atoms. The molecule has 1 heterocycles. The third kappa shape index (κ3) is 4.62. The van der Waals surface area contributed by atoms with E-state index in [-0.39, 0.29) is 27.8 Å². The lowest BCUT2D eigenvalue weighted by Gasteiger charge is -2.14. The van der Waals surface area contributed by atoms with Gasteiger partial charge in [-0.1, -0.05) is 84.9 Å². The lowest BCUT2D eigenvalue weighted by Crippen LogP contribution is -2.16. The van der Waals surface area contributed by atoms with Gasteiger partial charge >= 0.3 is 12.1 Å². The van der Waals surface area contributed by atoms with Gasteiger partial charge in [-0.15, -0.1) is 0 Å². The zero-order chi connectivity index (χ0) is 27.9. The number of alkyl halides is 3. The van der Waals surface area contributed by atoms with Crippen molar-refractivity contribution in [3.05, 3.63) is 137 Å². The van der Waals surface area contributed by atoms with E-state index in [9.17, 15) is 22.8 Å². The van der Waals surface area contributed by atoms with Crippen LogP contribution in [0.1, 0.15) is 16.1 Å². The van der Waals surface area contributed by atoms with Gasteiger partial charge in [0.1, 0.15) is 11.3 Å². The normalized spacial score (nSPS) is 11.6. The monoisotopic (exact) mass is 536 g/mol. The average Bonchev–Trinajstić information content (AvgIpc) is 2.97.